The van der Waals surface area contributed by atoms with Gasteiger partial charge in [-0.2, -0.15) is 0 Å². The number of aromatic nitrogens is 2. The second kappa shape index (κ2) is 9.77. The molecule has 0 amide bonds. The van der Waals surface area contributed by atoms with Gasteiger partial charge < -0.3 is 14.2 Å². The third-order valence-electron chi connectivity index (χ3n) is 6.82. The Balaban J connectivity index is 1.51. The SMILES string of the molecule is COC(C)N1CCCN(c2ccc3ncn(C(c4ccccc4)c4ccccc4)c3c2)CC1. The highest BCUT2D eigenvalue weighted by Crippen LogP contribution is 2.32. The van der Waals surface area contributed by atoms with E-state index in [-0.39, 0.29) is 12.3 Å². The zero-order valence-electron chi connectivity index (χ0n) is 19.5. The number of fused-ring (bicyclic) bond motifs is 1. The Morgan fingerprint density at radius 1 is 0.818 bits per heavy atom. The quantitative estimate of drug-likeness (QED) is 0.414. The molecule has 5 heteroatoms. The molecule has 5 nitrogen and oxygen atoms in total. The Labute approximate surface area is 196 Å². The molecule has 1 unspecified atom stereocenters. The molecule has 0 bridgehead atoms. The number of rotatable bonds is 6. The summed E-state index contributed by atoms with van der Waals surface area (Å²) in [4.78, 5) is 9.68. The van der Waals surface area contributed by atoms with Crippen molar-refractivity contribution in [1.29, 1.82) is 0 Å². The van der Waals surface area contributed by atoms with Gasteiger partial charge in [0.2, 0.25) is 0 Å². The van der Waals surface area contributed by atoms with E-state index in [1.54, 1.807) is 7.11 Å². The van der Waals surface area contributed by atoms with Crippen LogP contribution in [-0.4, -0.2) is 54.0 Å². The zero-order chi connectivity index (χ0) is 22.6. The molecule has 5 rings (SSSR count). The maximum atomic E-state index is 5.56. The Bertz CT molecular complexity index is 1130. The average Bonchev–Trinajstić information content (AvgIpc) is 3.12. The number of methoxy groups -OCH3 is 1. The van der Waals surface area contributed by atoms with E-state index in [0.29, 0.717) is 0 Å². The van der Waals surface area contributed by atoms with E-state index < -0.39 is 0 Å². The van der Waals surface area contributed by atoms with Crippen molar-refractivity contribution in [2.24, 2.45) is 0 Å². The maximum absolute atomic E-state index is 5.56. The second-order valence-electron chi connectivity index (χ2n) is 8.76. The zero-order valence-corrected chi connectivity index (χ0v) is 19.5. The van der Waals surface area contributed by atoms with Gasteiger partial charge >= 0.3 is 0 Å². The minimum absolute atomic E-state index is 0.0785. The molecule has 0 spiro atoms. The smallest absolute Gasteiger partial charge is 0.107 e. The molecule has 2 heterocycles. The van der Waals surface area contributed by atoms with E-state index in [1.807, 2.05) is 6.33 Å². The molecule has 1 aliphatic heterocycles. The fourth-order valence-corrected chi connectivity index (χ4v) is 4.91. The predicted molar refractivity (Wildman–Crippen MR) is 135 cm³/mol. The highest BCUT2D eigenvalue weighted by Gasteiger charge is 2.21. The number of imidazole rings is 1. The first-order chi connectivity index (χ1) is 16.2. The van der Waals surface area contributed by atoms with Gasteiger partial charge in [-0.25, -0.2) is 4.98 Å². The summed E-state index contributed by atoms with van der Waals surface area (Å²) in [5, 5.41) is 0. The van der Waals surface area contributed by atoms with Crippen LogP contribution in [0.25, 0.3) is 11.0 Å². The molecule has 0 N–H and O–H groups in total. The lowest BCUT2D eigenvalue weighted by atomic mass is 9.98. The summed E-state index contributed by atoms with van der Waals surface area (Å²) in [5.74, 6) is 0. The van der Waals surface area contributed by atoms with Crippen LogP contribution in [0.5, 0.6) is 0 Å². The van der Waals surface area contributed by atoms with Crippen LogP contribution in [-0.2, 0) is 4.74 Å². The Morgan fingerprint density at radius 2 is 1.52 bits per heavy atom. The topological polar surface area (TPSA) is 33.5 Å². The van der Waals surface area contributed by atoms with Gasteiger partial charge in [0.15, 0.2) is 0 Å². The number of hydrogen-bond acceptors (Lipinski definition) is 4. The highest BCUT2D eigenvalue weighted by atomic mass is 16.5. The van der Waals surface area contributed by atoms with Gasteiger partial charge in [0, 0.05) is 39.0 Å². The number of nitrogens with zero attached hydrogens (tertiary/aromatic N) is 4. The first kappa shape index (κ1) is 21.7. The maximum Gasteiger partial charge on any atom is 0.107 e. The summed E-state index contributed by atoms with van der Waals surface area (Å²) < 4.78 is 7.88. The molecule has 1 saturated heterocycles. The van der Waals surface area contributed by atoms with Crippen LogP contribution in [0.3, 0.4) is 0 Å². The number of hydrogen-bond donors (Lipinski definition) is 0. The summed E-state index contributed by atoms with van der Waals surface area (Å²) in [7, 11) is 1.79. The fraction of sp³-hybridized carbons (Fsp3) is 0.321. The molecule has 33 heavy (non-hydrogen) atoms. The normalized spacial score (nSPS) is 16.3. The predicted octanol–water partition coefficient (Wildman–Crippen LogP) is 5.18. The summed E-state index contributed by atoms with van der Waals surface area (Å²) in [5.41, 5.74) is 5.97. The molecular weight excluding hydrogens is 408 g/mol. The van der Waals surface area contributed by atoms with Crippen molar-refractivity contribution in [3.8, 4) is 0 Å². The van der Waals surface area contributed by atoms with Crippen molar-refractivity contribution in [1.82, 2.24) is 14.5 Å². The molecule has 0 saturated carbocycles. The van der Waals surface area contributed by atoms with Gasteiger partial charge in [-0.3, -0.25) is 4.90 Å². The van der Waals surface area contributed by atoms with E-state index in [4.69, 9.17) is 9.72 Å². The molecule has 1 aromatic heterocycles. The van der Waals surface area contributed by atoms with Crippen molar-refractivity contribution in [3.63, 3.8) is 0 Å². The van der Waals surface area contributed by atoms with Crippen molar-refractivity contribution < 1.29 is 4.74 Å². The minimum atomic E-state index is 0.0785. The third kappa shape index (κ3) is 4.52. The monoisotopic (exact) mass is 440 g/mol. The van der Waals surface area contributed by atoms with Crippen LogP contribution >= 0.6 is 0 Å². The summed E-state index contributed by atoms with van der Waals surface area (Å²) in [6, 6.07) is 28.2. The summed E-state index contributed by atoms with van der Waals surface area (Å²) in [6.45, 7) is 6.24. The van der Waals surface area contributed by atoms with Gasteiger partial charge in [0.1, 0.15) is 6.23 Å². The van der Waals surface area contributed by atoms with Crippen molar-refractivity contribution in [3.05, 3.63) is 96.3 Å². The lowest BCUT2D eigenvalue weighted by molar-refractivity contribution is -0.0148. The number of anilines is 1. The molecular formula is C28H32N4O. The van der Waals surface area contributed by atoms with Gasteiger partial charge in [-0.1, -0.05) is 60.7 Å². The van der Waals surface area contributed by atoms with E-state index in [2.05, 4.69) is 100 Å². The van der Waals surface area contributed by atoms with Crippen molar-refractivity contribution in [2.45, 2.75) is 25.6 Å². The second-order valence-corrected chi connectivity index (χ2v) is 8.76. The first-order valence-corrected chi connectivity index (χ1v) is 11.8. The van der Waals surface area contributed by atoms with Crippen LogP contribution < -0.4 is 4.90 Å². The van der Waals surface area contributed by atoms with Gasteiger partial charge in [-0.05, 0) is 42.7 Å². The van der Waals surface area contributed by atoms with E-state index in [1.165, 1.54) is 16.8 Å². The Morgan fingerprint density at radius 3 is 2.18 bits per heavy atom. The molecule has 1 atom stereocenters. The molecule has 0 aliphatic carbocycles. The van der Waals surface area contributed by atoms with E-state index in [0.717, 1.165) is 43.6 Å². The van der Waals surface area contributed by atoms with Crippen LogP contribution in [0, 0.1) is 0 Å². The minimum Gasteiger partial charge on any atom is -0.370 e. The highest BCUT2D eigenvalue weighted by molar-refractivity contribution is 5.80. The Hall–Kier alpha value is -3.15. The Kier molecular flexibility index (Phi) is 6.42. The van der Waals surface area contributed by atoms with Crippen LogP contribution in [0.15, 0.2) is 85.2 Å². The third-order valence-corrected chi connectivity index (χ3v) is 6.82. The first-order valence-electron chi connectivity index (χ1n) is 11.8. The van der Waals surface area contributed by atoms with E-state index >= 15 is 0 Å². The number of ether oxygens (including phenoxy) is 1. The van der Waals surface area contributed by atoms with Crippen molar-refractivity contribution >= 4 is 16.7 Å². The van der Waals surface area contributed by atoms with Gasteiger partial charge in [0.25, 0.3) is 0 Å². The van der Waals surface area contributed by atoms with Gasteiger partial charge in [0.05, 0.1) is 23.4 Å². The van der Waals surface area contributed by atoms with Crippen molar-refractivity contribution in [2.75, 3.05) is 38.2 Å². The number of benzene rings is 3. The van der Waals surface area contributed by atoms with Gasteiger partial charge in [-0.15, -0.1) is 0 Å². The average molecular weight is 441 g/mol. The lowest BCUT2D eigenvalue weighted by Gasteiger charge is -2.27. The molecule has 3 aromatic carbocycles. The standard InChI is InChI=1S/C28H32N4O/c1-22(33-2)30-16-9-17-31(19-18-30)25-14-15-26-27(20-25)32(21-29-26)28(23-10-5-3-6-11-23)24-12-7-4-8-13-24/h3-8,10-15,20-22,28H,9,16-19H2,1-2H3. The van der Waals surface area contributed by atoms with Crippen LogP contribution in [0.4, 0.5) is 5.69 Å². The molecule has 1 aliphatic rings. The largest absolute Gasteiger partial charge is 0.370 e. The molecule has 4 aromatic rings. The molecule has 0 radical (unpaired) electrons. The van der Waals surface area contributed by atoms with Crippen LogP contribution in [0.2, 0.25) is 0 Å². The molecule has 170 valence electrons. The molecule has 1 fully saturated rings. The lowest BCUT2D eigenvalue weighted by Crippen LogP contribution is -2.37. The van der Waals surface area contributed by atoms with Crippen LogP contribution in [0.1, 0.15) is 30.5 Å². The fourth-order valence-electron chi connectivity index (χ4n) is 4.91. The summed E-state index contributed by atoms with van der Waals surface area (Å²) in [6.07, 6.45) is 3.27. The summed E-state index contributed by atoms with van der Waals surface area (Å²) >= 11 is 0. The van der Waals surface area contributed by atoms with E-state index in [9.17, 15) is 0 Å².